The molecule has 0 aliphatic carbocycles. The summed E-state index contributed by atoms with van der Waals surface area (Å²) in [4.78, 5) is 30.4. The van der Waals surface area contributed by atoms with Gasteiger partial charge in [-0.05, 0) is 55.0 Å². The Morgan fingerprint density at radius 2 is 1.58 bits per heavy atom. The van der Waals surface area contributed by atoms with Gasteiger partial charge in [-0.3, -0.25) is 19.5 Å². The molecule has 1 aliphatic rings. The minimum Gasteiger partial charge on any atom is -0.497 e. The van der Waals surface area contributed by atoms with E-state index in [4.69, 9.17) is 4.74 Å². The predicted octanol–water partition coefficient (Wildman–Crippen LogP) is 4.05. The number of hydrogen-bond donors (Lipinski definition) is 2. The van der Waals surface area contributed by atoms with Crippen LogP contribution in [0.15, 0.2) is 53.5 Å². The number of carbonyl (C=O) groups excluding carboxylic acids is 2. The number of unbranched alkanes of at least 4 members (excludes halogenated alkanes) is 1. The smallest absolute Gasteiger partial charge is 0.261 e. The standard InChI is InChI=1S/C25H32N4O3.HI/c1-18(19-10-12-20(32-3)13-11-19)14-16-28-25(26-2)27-15-6-7-17-29-23(30)21-8-4-5-9-22(21)24(29)31;/h4-5,8-13,18H,6-7,14-17H2,1-3H3,(H2,26,27,28);1H. The molecule has 2 aromatic rings. The van der Waals surface area contributed by atoms with E-state index in [2.05, 4.69) is 34.7 Å². The number of rotatable bonds is 10. The van der Waals surface area contributed by atoms with E-state index >= 15 is 0 Å². The molecule has 1 unspecified atom stereocenters. The SMILES string of the molecule is CN=C(NCCCCN1C(=O)c2ccccc2C1=O)NCCC(C)c1ccc(OC)cc1.I. The van der Waals surface area contributed by atoms with Crippen LogP contribution in [-0.4, -0.2) is 56.5 Å². The molecule has 8 heteroatoms. The van der Waals surface area contributed by atoms with Crippen molar-refractivity contribution < 1.29 is 14.3 Å². The molecular formula is C25H33IN4O3. The van der Waals surface area contributed by atoms with Gasteiger partial charge in [0.15, 0.2) is 5.96 Å². The number of guanidine groups is 1. The van der Waals surface area contributed by atoms with Crippen LogP contribution in [0.5, 0.6) is 5.75 Å². The van der Waals surface area contributed by atoms with Crippen LogP contribution in [0.2, 0.25) is 0 Å². The summed E-state index contributed by atoms with van der Waals surface area (Å²) in [5.41, 5.74) is 2.29. The number of amides is 2. The molecule has 0 aromatic heterocycles. The van der Waals surface area contributed by atoms with Crippen LogP contribution in [-0.2, 0) is 0 Å². The van der Waals surface area contributed by atoms with Crippen molar-refractivity contribution in [2.24, 2.45) is 4.99 Å². The van der Waals surface area contributed by atoms with Gasteiger partial charge in [0.25, 0.3) is 11.8 Å². The Kier molecular flexibility index (Phi) is 10.6. The Morgan fingerprint density at radius 1 is 0.970 bits per heavy atom. The maximum absolute atomic E-state index is 12.4. The third-order valence-electron chi connectivity index (χ3n) is 5.76. The number of imide groups is 1. The number of ether oxygens (including phenoxy) is 1. The van der Waals surface area contributed by atoms with Gasteiger partial charge in [-0.1, -0.05) is 31.2 Å². The molecule has 0 saturated carbocycles. The zero-order valence-electron chi connectivity index (χ0n) is 19.5. The molecule has 0 spiro atoms. The molecule has 0 saturated heterocycles. The molecule has 33 heavy (non-hydrogen) atoms. The lowest BCUT2D eigenvalue weighted by Gasteiger charge is -2.16. The lowest BCUT2D eigenvalue weighted by molar-refractivity contribution is 0.0652. The highest BCUT2D eigenvalue weighted by atomic mass is 127. The molecule has 0 bridgehead atoms. The zero-order valence-corrected chi connectivity index (χ0v) is 21.8. The summed E-state index contributed by atoms with van der Waals surface area (Å²) in [5, 5.41) is 6.64. The fraction of sp³-hybridized carbons (Fsp3) is 0.400. The van der Waals surface area contributed by atoms with Crippen molar-refractivity contribution in [3.05, 3.63) is 65.2 Å². The quantitative estimate of drug-likeness (QED) is 0.150. The van der Waals surface area contributed by atoms with Crippen molar-refractivity contribution in [3.63, 3.8) is 0 Å². The van der Waals surface area contributed by atoms with Crippen LogP contribution >= 0.6 is 24.0 Å². The van der Waals surface area contributed by atoms with E-state index in [1.807, 2.05) is 12.1 Å². The van der Waals surface area contributed by atoms with Crippen molar-refractivity contribution in [2.75, 3.05) is 33.8 Å². The van der Waals surface area contributed by atoms with Gasteiger partial charge in [0.1, 0.15) is 5.75 Å². The highest BCUT2D eigenvalue weighted by molar-refractivity contribution is 14.0. The molecule has 0 fully saturated rings. The van der Waals surface area contributed by atoms with Crippen molar-refractivity contribution >= 4 is 41.8 Å². The minimum atomic E-state index is -0.193. The average Bonchev–Trinajstić information content (AvgIpc) is 3.07. The first-order chi connectivity index (χ1) is 15.5. The number of nitrogens with zero attached hydrogens (tertiary/aromatic N) is 2. The number of nitrogens with one attached hydrogen (secondary N) is 2. The number of hydrogen-bond acceptors (Lipinski definition) is 4. The lowest BCUT2D eigenvalue weighted by atomic mass is 9.98. The van der Waals surface area contributed by atoms with E-state index in [0.717, 1.165) is 44.1 Å². The van der Waals surface area contributed by atoms with Gasteiger partial charge in [0, 0.05) is 26.7 Å². The first-order valence-electron chi connectivity index (χ1n) is 11.1. The second-order valence-corrected chi connectivity index (χ2v) is 7.90. The van der Waals surface area contributed by atoms with Gasteiger partial charge in [-0.15, -0.1) is 24.0 Å². The number of benzene rings is 2. The topological polar surface area (TPSA) is 83.0 Å². The Hall–Kier alpha value is -2.62. The number of methoxy groups -OCH3 is 1. The van der Waals surface area contributed by atoms with Gasteiger partial charge < -0.3 is 15.4 Å². The monoisotopic (exact) mass is 564 g/mol. The van der Waals surface area contributed by atoms with Crippen LogP contribution in [0.4, 0.5) is 0 Å². The van der Waals surface area contributed by atoms with Crippen LogP contribution in [0.1, 0.15) is 58.4 Å². The van der Waals surface area contributed by atoms with E-state index in [9.17, 15) is 9.59 Å². The number of halogens is 1. The molecule has 2 aromatic carbocycles. The van der Waals surface area contributed by atoms with Crippen molar-refractivity contribution in [1.29, 1.82) is 0 Å². The number of carbonyl (C=O) groups is 2. The molecule has 1 atom stereocenters. The molecular weight excluding hydrogens is 531 g/mol. The van der Waals surface area contributed by atoms with Crippen LogP contribution < -0.4 is 15.4 Å². The molecule has 178 valence electrons. The summed E-state index contributed by atoms with van der Waals surface area (Å²) < 4.78 is 5.21. The molecule has 1 heterocycles. The van der Waals surface area contributed by atoms with E-state index < -0.39 is 0 Å². The summed E-state index contributed by atoms with van der Waals surface area (Å²) >= 11 is 0. The first kappa shape index (κ1) is 26.6. The Labute approximate surface area is 213 Å². The Morgan fingerprint density at radius 3 is 2.15 bits per heavy atom. The number of fused-ring (bicyclic) bond motifs is 1. The molecule has 1 aliphatic heterocycles. The average molecular weight is 564 g/mol. The summed E-state index contributed by atoms with van der Waals surface area (Å²) in [6.45, 7) is 4.16. The van der Waals surface area contributed by atoms with E-state index in [-0.39, 0.29) is 35.8 Å². The third-order valence-corrected chi connectivity index (χ3v) is 5.76. The summed E-state index contributed by atoms with van der Waals surface area (Å²) in [6.07, 6.45) is 2.55. The van der Waals surface area contributed by atoms with Crippen LogP contribution in [0, 0.1) is 0 Å². The van der Waals surface area contributed by atoms with Crippen molar-refractivity contribution in [2.45, 2.75) is 32.1 Å². The van der Waals surface area contributed by atoms with E-state index in [0.29, 0.717) is 23.6 Å². The minimum absolute atomic E-state index is 0. The first-order valence-corrected chi connectivity index (χ1v) is 11.1. The molecule has 7 nitrogen and oxygen atoms in total. The maximum Gasteiger partial charge on any atom is 0.261 e. The third kappa shape index (κ3) is 6.93. The fourth-order valence-electron chi connectivity index (χ4n) is 3.77. The Bertz CT molecular complexity index is 927. The molecule has 0 radical (unpaired) electrons. The highest BCUT2D eigenvalue weighted by Gasteiger charge is 2.34. The highest BCUT2D eigenvalue weighted by Crippen LogP contribution is 2.23. The van der Waals surface area contributed by atoms with Gasteiger partial charge in [0.05, 0.1) is 18.2 Å². The lowest BCUT2D eigenvalue weighted by Crippen LogP contribution is -2.38. The van der Waals surface area contributed by atoms with Crippen LogP contribution in [0.25, 0.3) is 0 Å². The number of aliphatic imine (C=N–C) groups is 1. The summed E-state index contributed by atoms with van der Waals surface area (Å²) in [5.74, 6) is 1.66. The second-order valence-electron chi connectivity index (χ2n) is 7.90. The predicted molar refractivity (Wildman–Crippen MR) is 142 cm³/mol. The van der Waals surface area contributed by atoms with Gasteiger partial charge in [-0.25, -0.2) is 0 Å². The van der Waals surface area contributed by atoms with Gasteiger partial charge >= 0.3 is 0 Å². The molecule has 2 N–H and O–H groups in total. The van der Waals surface area contributed by atoms with Gasteiger partial charge in [0.2, 0.25) is 0 Å². The van der Waals surface area contributed by atoms with Crippen LogP contribution in [0.3, 0.4) is 0 Å². The van der Waals surface area contributed by atoms with Crippen molar-refractivity contribution in [1.82, 2.24) is 15.5 Å². The largest absolute Gasteiger partial charge is 0.497 e. The molecule has 3 rings (SSSR count). The Balaban J connectivity index is 0.00000385. The maximum atomic E-state index is 12.4. The normalized spacial score (nSPS) is 13.9. The summed E-state index contributed by atoms with van der Waals surface area (Å²) in [7, 11) is 3.42. The summed E-state index contributed by atoms with van der Waals surface area (Å²) in [6, 6.07) is 15.2. The molecule has 2 amide bonds. The van der Waals surface area contributed by atoms with E-state index in [1.54, 1.807) is 38.4 Å². The fourth-order valence-corrected chi connectivity index (χ4v) is 3.77. The zero-order chi connectivity index (χ0) is 22.9. The van der Waals surface area contributed by atoms with E-state index in [1.165, 1.54) is 10.5 Å². The second kappa shape index (κ2) is 13.2. The van der Waals surface area contributed by atoms with Gasteiger partial charge in [-0.2, -0.15) is 0 Å². The van der Waals surface area contributed by atoms with Crippen molar-refractivity contribution in [3.8, 4) is 5.75 Å².